The molecule has 65 heavy (non-hydrogen) atoms. The molecular weight excluding hydrogens is 787 g/mol. The zero-order valence-corrected chi connectivity index (χ0v) is 41.4. The van der Waals surface area contributed by atoms with E-state index in [1.807, 2.05) is 0 Å². The van der Waals surface area contributed by atoms with E-state index in [0.717, 1.165) is 11.2 Å². The van der Waals surface area contributed by atoms with Gasteiger partial charge in [0.2, 0.25) is 0 Å². The highest BCUT2D eigenvalue weighted by Crippen LogP contribution is 2.56. The molecule has 12 rings (SSSR count). The molecule has 0 radical (unpaired) electrons. The minimum Gasteiger partial charge on any atom is -0.456 e. The summed E-state index contributed by atoms with van der Waals surface area (Å²) in [6.07, 6.45) is 7.10. The number of aryl methyl sites for hydroxylation is 1. The summed E-state index contributed by atoms with van der Waals surface area (Å²) in [6, 6.07) is 38.7. The molecular formula is C61H67BN2O. The van der Waals surface area contributed by atoms with Gasteiger partial charge in [0.15, 0.2) is 0 Å². The van der Waals surface area contributed by atoms with Gasteiger partial charge in [0.05, 0.1) is 0 Å². The maximum absolute atomic E-state index is 6.74. The standard InChI is InChI=1S/C61H67BN2O/c1-36-30-40-53-48(22-23-52-54(53)39-16-14-15-17-51(39)65-52)64(38-19-21-42-44(33-38)59(8,9)27-25-57(42,4)5)62-47-34-45-46(61(12,13)29-28-60(45,10)11)35-49(47)63(50(31-36)55(40)62)37-18-20-41-43(32-37)58(6,7)26-24-56(41,2)3/h14-23,30-35H,24-29H2,1-13H3. The van der Waals surface area contributed by atoms with Crippen LogP contribution in [0.1, 0.15) is 161 Å². The molecule has 0 amide bonds. The fraction of sp³-hybridized carbons (Fsp3) is 0.410. The van der Waals surface area contributed by atoms with Crippen molar-refractivity contribution in [2.24, 2.45) is 0 Å². The first-order valence-electron chi connectivity index (χ1n) is 24.8. The van der Waals surface area contributed by atoms with Crippen molar-refractivity contribution in [2.45, 2.75) is 161 Å². The maximum Gasteiger partial charge on any atom is 0.333 e. The fourth-order valence-corrected chi connectivity index (χ4v) is 13.5. The Labute approximate surface area is 388 Å². The highest BCUT2D eigenvalue weighted by atomic mass is 16.3. The summed E-state index contributed by atoms with van der Waals surface area (Å²) in [5, 5.41) is 2.38. The van der Waals surface area contributed by atoms with Crippen molar-refractivity contribution in [3.05, 3.63) is 136 Å². The zero-order valence-electron chi connectivity index (χ0n) is 41.4. The average Bonchev–Trinajstić information content (AvgIpc) is 3.64. The molecule has 5 aliphatic rings. The van der Waals surface area contributed by atoms with Gasteiger partial charge < -0.3 is 14.1 Å². The summed E-state index contributed by atoms with van der Waals surface area (Å²) in [5.41, 5.74) is 24.4. The smallest absolute Gasteiger partial charge is 0.333 e. The van der Waals surface area contributed by atoms with E-state index in [4.69, 9.17) is 4.42 Å². The molecule has 3 heterocycles. The van der Waals surface area contributed by atoms with Crippen molar-refractivity contribution in [3.63, 3.8) is 0 Å². The largest absolute Gasteiger partial charge is 0.456 e. The number of para-hydroxylation sites is 1. The van der Waals surface area contributed by atoms with Crippen LogP contribution in [-0.4, -0.2) is 6.85 Å². The Morgan fingerprint density at radius 2 is 0.985 bits per heavy atom. The maximum atomic E-state index is 6.74. The summed E-state index contributed by atoms with van der Waals surface area (Å²) >= 11 is 0. The lowest BCUT2D eigenvalue weighted by Crippen LogP contribution is -2.62. The van der Waals surface area contributed by atoms with Crippen LogP contribution in [0.3, 0.4) is 0 Å². The zero-order chi connectivity index (χ0) is 45.5. The predicted octanol–water partition coefficient (Wildman–Crippen LogP) is 15.6. The minimum atomic E-state index is -0.0631. The summed E-state index contributed by atoms with van der Waals surface area (Å²) in [6.45, 7) is 31.9. The van der Waals surface area contributed by atoms with Crippen LogP contribution in [0.15, 0.2) is 101 Å². The first-order valence-corrected chi connectivity index (χ1v) is 24.8. The van der Waals surface area contributed by atoms with Gasteiger partial charge in [-0.2, -0.15) is 0 Å². The molecule has 0 atom stereocenters. The van der Waals surface area contributed by atoms with Crippen molar-refractivity contribution in [1.29, 1.82) is 0 Å². The van der Waals surface area contributed by atoms with Crippen LogP contribution in [0.4, 0.5) is 28.4 Å². The lowest BCUT2D eigenvalue weighted by atomic mass is 9.42. The number of fused-ring (bicyclic) bond motifs is 11. The fourth-order valence-electron chi connectivity index (χ4n) is 13.5. The Morgan fingerprint density at radius 1 is 0.462 bits per heavy atom. The molecule has 0 spiro atoms. The van der Waals surface area contributed by atoms with Crippen LogP contribution >= 0.6 is 0 Å². The highest BCUT2D eigenvalue weighted by molar-refractivity contribution is 6.93. The molecule has 0 bridgehead atoms. The van der Waals surface area contributed by atoms with E-state index < -0.39 is 0 Å². The highest BCUT2D eigenvalue weighted by Gasteiger charge is 2.49. The van der Waals surface area contributed by atoms with E-state index >= 15 is 0 Å². The third-order valence-corrected chi connectivity index (χ3v) is 17.9. The molecule has 6 aromatic carbocycles. The van der Waals surface area contributed by atoms with Crippen molar-refractivity contribution in [3.8, 4) is 11.1 Å². The number of rotatable bonds is 2. The molecule has 7 aromatic rings. The normalized spacial score (nSPS) is 21.0. The molecule has 0 saturated heterocycles. The van der Waals surface area contributed by atoms with Gasteiger partial charge in [-0.1, -0.05) is 126 Å². The number of hydrogen-bond donors (Lipinski definition) is 0. The number of anilines is 5. The van der Waals surface area contributed by atoms with E-state index in [9.17, 15) is 0 Å². The first-order chi connectivity index (χ1) is 30.6. The Morgan fingerprint density at radius 3 is 1.60 bits per heavy atom. The average molecular weight is 855 g/mol. The summed E-state index contributed by atoms with van der Waals surface area (Å²) in [7, 11) is 0. The van der Waals surface area contributed by atoms with E-state index in [1.165, 1.54) is 139 Å². The van der Waals surface area contributed by atoms with Crippen LogP contribution in [0.5, 0.6) is 0 Å². The Hall–Kier alpha value is -5.22. The number of benzene rings is 6. The topological polar surface area (TPSA) is 19.6 Å². The molecule has 0 fully saturated rings. The monoisotopic (exact) mass is 855 g/mol. The second-order valence-corrected chi connectivity index (χ2v) is 25.0. The van der Waals surface area contributed by atoms with Crippen molar-refractivity contribution < 1.29 is 4.42 Å². The number of furan rings is 1. The SMILES string of the molecule is Cc1cc2c3c(c1)N(c1ccc4c(c1)C(C)(C)CCC4(C)C)c1cc4c(cc1B3N(c1ccc3c(c1)C(C)(C)CCC3(C)C)c1ccc3oc5ccccc5c3c1-2)C(C)(C)CCC4(C)C. The summed E-state index contributed by atoms with van der Waals surface area (Å²) in [5.74, 6) is 0. The van der Waals surface area contributed by atoms with Gasteiger partial charge in [-0.15, -0.1) is 0 Å². The molecule has 1 aromatic heterocycles. The van der Waals surface area contributed by atoms with Crippen LogP contribution < -0.4 is 20.6 Å². The quantitative estimate of drug-likeness (QED) is 0.162. The van der Waals surface area contributed by atoms with Gasteiger partial charge in [0.1, 0.15) is 11.2 Å². The second kappa shape index (κ2) is 13.0. The van der Waals surface area contributed by atoms with Crippen LogP contribution in [0.25, 0.3) is 33.1 Å². The molecule has 330 valence electrons. The molecule has 2 aliphatic heterocycles. The van der Waals surface area contributed by atoms with Crippen molar-refractivity contribution >= 4 is 68.1 Å². The van der Waals surface area contributed by atoms with Gasteiger partial charge >= 0.3 is 6.85 Å². The minimum absolute atomic E-state index is 0.0449. The Kier molecular flexibility index (Phi) is 8.26. The molecule has 0 unspecified atom stereocenters. The summed E-state index contributed by atoms with van der Waals surface area (Å²) in [4.78, 5) is 5.46. The molecule has 3 nitrogen and oxygen atoms in total. The summed E-state index contributed by atoms with van der Waals surface area (Å²) < 4.78 is 6.74. The van der Waals surface area contributed by atoms with Crippen LogP contribution in [0, 0.1) is 6.92 Å². The third-order valence-electron chi connectivity index (χ3n) is 17.9. The molecule has 0 saturated carbocycles. The number of nitrogens with zero attached hydrogens (tertiary/aromatic N) is 2. The molecule has 0 N–H and O–H groups in total. The van der Waals surface area contributed by atoms with Gasteiger partial charge in [-0.25, -0.2) is 0 Å². The van der Waals surface area contributed by atoms with E-state index in [1.54, 1.807) is 0 Å². The van der Waals surface area contributed by atoms with E-state index in [-0.39, 0.29) is 39.3 Å². The first kappa shape index (κ1) is 41.2. The molecule has 3 aliphatic carbocycles. The van der Waals surface area contributed by atoms with Gasteiger partial charge in [0, 0.05) is 44.8 Å². The lowest BCUT2D eigenvalue weighted by molar-refractivity contribution is 0.332. The van der Waals surface area contributed by atoms with Crippen LogP contribution in [0.2, 0.25) is 0 Å². The van der Waals surface area contributed by atoms with Crippen molar-refractivity contribution in [2.75, 3.05) is 9.71 Å². The van der Waals surface area contributed by atoms with E-state index in [0.29, 0.717) is 0 Å². The Bertz CT molecular complexity index is 3210. The van der Waals surface area contributed by atoms with E-state index in [2.05, 4.69) is 197 Å². The third kappa shape index (κ3) is 5.74. The lowest BCUT2D eigenvalue weighted by Gasteiger charge is -2.49. The van der Waals surface area contributed by atoms with Gasteiger partial charge in [0.25, 0.3) is 0 Å². The van der Waals surface area contributed by atoms with Gasteiger partial charge in [-0.3, -0.25) is 0 Å². The van der Waals surface area contributed by atoms with Gasteiger partial charge in [-0.05, 0) is 188 Å². The molecule has 4 heteroatoms. The Balaban J connectivity index is 1.23. The predicted molar refractivity (Wildman–Crippen MR) is 278 cm³/mol. The second-order valence-electron chi connectivity index (χ2n) is 25.0. The van der Waals surface area contributed by atoms with Crippen LogP contribution in [-0.2, 0) is 32.5 Å². The number of hydrogen-bond acceptors (Lipinski definition) is 3. The van der Waals surface area contributed by atoms with Crippen molar-refractivity contribution in [1.82, 2.24) is 0 Å².